The highest BCUT2D eigenvalue weighted by Crippen LogP contribution is 2.38. The van der Waals surface area contributed by atoms with Crippen LogP contribution in [-0.4, -0.2) is 21.9 Å². The van der Waals surface area contributed by atoms with Crippen LogP contribution in [0.4, 0.5) is 0 Å². The summed E-state index contributed by atoms with van der Waals surface area (Å²) in [5.41, 5.74) is 5.68. The third-order valence-corrected chi connectivity index (χ3v) is 2.16. The van der Waals surface area contributed by atoms with Gasteiger partial charge in [0.05, 0.1) is 6.04 Å². The third kappa shape index (κ3) is 1.87. The highest BCUT2D eigenvalue weighted by molar-refractivity contribution is 5.04. The topological polar surface area (TPSA) is 85.2 Å². The average molecular weight is 183 g/mol. The molecule has 1 aromatic rings. The third-order valence-electron chi connectivity index (χ3n) is 2.16. The zero-order valence-electron chi connectivity index (χ0n) is 7.31. The Bertz CT molecular complexity index is 283. The number of nitrogens with two attached hydrogens (primary N) is 1. The second-order valence-corrected chi connectivity index (χ2v) is 3.38. The number of aliphatic hydroxyl groups is 1. The first-order valence-corrected chi connectivity index (χ1v) is 4.51. The number of nitrogens with zero attached hydrogens (tertiary/aromatic N) is 2. The van der Waals surface area contributed by atoms with Crippen LogP contribution < -0.4 is 5.73 Å². The van der Waals surface area contributed by atoms with Crippen LogP contribution in [0.2, 0.25) is 0 Å². The predicted molar refractivity (Wildman–Crippen MR) is 44.9 cm³/mol. The van der Waals surface area contributed by atoms with Crippen LogP contribution in [0.15, 0.2) is 4.52 Å². The van der Waals surface area contributed by atoms with Crippen molar-refractivity contribution in [2.75, 3.05) is 6.61 Å². The minimum atomic E-state index is -0.329. The fourth-order valence-electron chi connectivity index (χ4n) is 1.17. The summed E-state index contributed by atoms with van der Waals surface area (Å²) >= 11 is 0. The van der Waals surface area contributed by atoms with Gasteiger partial charge < -0.3 is 15.4 Å². The lowest BCUT2D eigenvalue weighted by molar-refractivity contribution is 0.259. The Morgan fingerprint density at radius 1 is 1.62 bits per heavy atom. The molecular weight excluding hydrogens is 170 g/mol. The van der Waals surface area contributed by atoms with E-state index < -0.39 is 0 Å². The Morgan fingerprint density at radius 3 is 3.00 bits per heavy atom. The van der Waals surface area contributed by atoms with Crippen LogP contribution in [0, 0.1) is 0 Å². The summed E-state index contributed by atoms with van der Waals surface area (Å²) in [5, 5.41) is 12.5. The molecule has 0 aliphatic heterocycles. The molecule has 0 bridgehead atoms. The molecule has 72 valence electrons. The van der Waals surface area contributed by atoms with Gasteiger partial charge in [0, 0.05) is 12.5 Å². The van der Waals surface area contributed by atoms with Gasteiger partial charge in [-0.25, -0.2) is 0 Å². The van der Waals surface area contributed by atoms with Gasteiger partial charge in [-0.05, 0) is 19.3 Å². The van der Waals surface area contributed by atoms with Crippen LogP contribution >= 0.6 is 0 Å². The Balaban J connectivity index is 2.03. The fraction of sp³-hybridized carbons (Fsp3) is 0.750. The van der Waals surface area contributed by atoms with E-state index in [1.807, 2.05) is 0 Å². The molecule has 1 atom stereocenters. The molecule has 1 saturated carbocycles. The van der Waals surface area contributed by atoms with Gasteiger partial charge in [-0.3, -0.25) is 0 Å². The van der Waals surface area contributed by atoms with Crippen LogP contribution in [0.25, 0.3) is 0 Å². The van der Waals surface area contributed by atoms with Crippen molar-refractivity contribution >= 4 is 0 Å². The summed E-state index contributed by atoms with van der Waals surface area (Å²) in [7, 11) is 0. The van der Waals surface area contributed by atoms with Crippen molar-refractivity contribution in [2.24, 2.45) is 5.73 Å². The SMILES string of the molecule is NC(CCO)c1nc(C2CC2)no1. The Morgan fingerprint density at radius 2 is 2.38 bits per heavy atom. The minimum absolute atomic E-state index is 0.0440. The molecule has 1 aromatic heterocycles. The maximum atomic E-state index is 8.66. The largest absolute Gasteiger partial charge is 0.396 e. The van der Waals surface area contributed by atoms with E-state index in [0.29, 0.717) is 18.2 Å². The number of aliphatic hydroxyl groups excluding tert-OH is 1. The smallest absolute Gasteiger partial charge is 0.243 e. The highest BCUT2D eigenvalue weighted by atomic mass is 16.5. The van der Waals surface area contributed by atoms with E-state index >= 15 is 0 Å². The summed E-state index contributed by atoms with van der Waals surface area (Å²) in [6.45, 7) is 0.0440. The molecule has 5 nitrogen and oxygen atoms in total. The molecule has 0 radical (unpaired) electrons. The lowest BCUT2D eigenvalue weighted by Crippen LogP contribution is -2.12. The van der Waals surface area contributed by atoms with Gasteiger partial charge in [-0.15, -0.1) is 0 Å². The van der Waals surface area contributed by atoms with E-state index in [0.717, 1.165) is 18.7 Å². The molecule has 1 fully saturated rings. The Hall–Kier alpha value is -0.940. The molecule has 1 aliphatic rings. The molecule has 1 unspecified atom stereocenters. The molecule has 0 saturated heterocycles. The molecule has 1 aliphatic carbocycles. The molecule has 13 heavy (non-hydrogen) atoms. The number of hydrogen-bond acceptors (Lipinski definition) is 5. The normalized spacial score (nSPS) is 18.9. The summed E-state index contributed by atoms with van der Waals surface area (Å²) in [4.78, 5) is 4.18. The van der Waals surface area contributed by atoms with Gasteiger partial charge in [-0.2, -0.15) is 4.98 Å². The van der Waals surface area contributed by atoms with Gasteiger partial charge in [0.25, 0.3) is 0 Å². The monoisotopic (exact) mass is 183 g/mol. The Labute approximate surface area is 75.9 Å². The first-order valence-electron chi connectivity index (χ1n) is 4.51. The summed E-state index contributed by atoms with van der Waals surface area (Å²) in [6.07, 6.45) is 2.76. The highest BCUT2D eigenvalue weighted by Gasteiger charge is 2.29. The van der Waals surface area contributed by atoms with E-state index in [1.165, 1.54) is 0 Å². The van der Waals surface area contributed by atoms with Crippen molar-refractivity contribution in [3.63, 3.8) is 0 Å². The summed E-state index contributed by atoms with van der Waals surface area (Å²) < 4.78 is 4.98. The first kappa shape index (κ1) is 8.65. The van der Waals surface area contributed by atoms with E-state index in [9.17, 15) is 0 Å². The zero-order chi connectivity index (χ0) is 9.26. The van der Waals surface area contributed by atoms with Crippen LogP contribution in [0.3, 0.4) is 0 Å². The van der Waals surface area contributed by atoms with Crippen LogP contribution in [-0.2, 0) is 0 Å². The molecule has 1 heterocycles. The summed E-state index contributed by atoms with van der Waals surface area (Å²) in [5.74, 6) is 1.69. The second-order valence-electron chi connectivity index (χ2n) is 3.38. The predicted octanol–water partition coefficient (Wildman–Crippen LogP) is 0.329. The van der Waals surface area contributed by atoms with Crippen molar-refractivity contribution in [1.29, 1.82) is 0 Å². The lowest BCUT2D eigenvalue weighted by atomic mass is 10.2. The standard InChI is InChI=1S/C8H13N3O2/c9-6(3-4-12)8-10-7(11-13-8)5-1-2-5/h5-6,12H,1-4,9H2. The Kier molecular flexibility index (Phi) is 2.28. The van der Waals surface area contributed by atoms with Gasteiger partial charge >= 0.3 is 0 Å². The first-order chi connectivity index (χ1) is 6.31. The quantitative estimate of drug-likeness (QED) is 0.702. The molecule has 0 aromatic carbocycles. The molecule has 3 N–H and O–H groups in total. The lowest BCUT2D eigenvalue weighted by Gasteiger charge is -2.01. The van der Waals surface area contributed by atoms with E-state index in [1.54, 1.807) is 0 Å². The summed E-state index contributed by atoms with van der Waals surface area (Å²) in [6, 6.07) is -0.329. The maximum absolute atomic E-state index is 8.66. The van der Waals surface area contributed by atoms with E-state index in [4.69, 9.17) is 15.4 Å². The molecule has 0 spiro atoms. The molecule has 0 amide bonds. The van der Waals surface area contributed by atoms with Crippen molar-refractivity contribution in [3.8, 4) is 0 Å². The maximum Gasteiger partial charge on any atom is 0.243 e. The molecule has 2 rings (SSSR count). The van der Waals surface area contributed by atoms with Crippen LogP contribution in [0.1, 0.15) is 42.9 Å². The van der Waals surface area contributed by atoms with Crippen molar-refractivity contribution in [1.82, 2.24) is 10.1 Å². The van der Waals surface area contributed by atoms with Gasteiger partial charge in [0.1, 0.15) is 0 Å². The number of rotatable bonds is 4. The second kappa shape index (κ2) is 3.43. The van der Waals surface area contributed by atoms with Gasteiger partial charge in [0.2, 0.25) is 5.89 Å². The average Bonchev–Trinajstić information content (AvgIpc) is 2.84. The zero-order valence-corrected chi connectivity index (χ0v) is 7.31. The number of hydrogen-bond donors (Lipinski definition) is 2. The number of aromatic nitrogens is 2. The molecular formula is C8H13N3O2. The van der Waals surface area contributed by atoms with Crippen LogP contribution in [0.5, 0.6) is 0 Å². The van der Waals surface area contributed by atoms with Crippen molar-refractivity contribution < 1.29 is 9.63 Å². The van der Waals surface area contributed by atoms with E-state index in [2.05, 4.69) is 10.1 Å². The fourth-order valence-corrected chi connectivity index (χ4v) is 1.17. The van der Waals surface area contributed by atoms with Crippen molar-refractivity contribution in [3.05, 3.63) is 11.7 Å². The molecule has 5 heteroatoms. The van der Waals surface area contributed by atoms with E-state index in [-0.39, 0.29) is 12.6 Å². The van der Waals surface area contributed by atoms with Gasteiger partial charge in [0.15, 0.2) is 5.82 Å². The minimum Gasteiger partial charge on any atom is -0.396 e. The van der Waals surface area contributed by atoms with Crippen molar-refractivity contribution in [2.45, 2.75) is 31.2 Å². The van der Waals surface area contributed by atoms with Gasteiger partial charge in [-0.1, -0.05) is 5.16 Å².